The van der Waals surface area contributed by atoms with Gasteiger partial charge in [-0.2, -0.15) is 0 Å². The van der Waals surface area contributed by atoms with Gasteiger partial charge in [0, 0.05) is 27.0 Å². The van der Waals surface area contributed by atoms with Crippen molar-refractivity contribution in [3.63, 3.8) is 0 Å². The van der Waals surface area contributed by atoms with Crippen molar-refractivity contribution in [2.75, 3.05) is 13.1 Å². The van der Waals surface area contributed by atoms with Gasteiger partial charge in [0.15, 0.2) is 0 Å². The molecule has 1 fully saturated rings. The highest BCUT2D eigenvalue weighted by Crippen LogP contribution is 2.41. The molecule has 1 nitrogen and oxygen atoms in total. The molecule has 0 amide bonds. The Hall–Kier alpha value is -0.540. The van der Waals surface area contributed by atoms with E-state index >= 15 is 0 Å². The summed E-state index contributed by atoms with van der Waals surface area (Å²) in [6.45, 7) is 1.99. The van der Waals surface area contributed by atoms with E-state index in [1.54, 1.807) is 0 Å². The normalized spacial score (nSPS) is 22.2. The maximum absolute atomic E-state index is 6.43. The predicted molar refractivity (Wildman–Crippen MR) is 93.6 cm³/mol. The quantitative estimate of drug-likeness (QED) is 0.708. The minimum atomic E-state index is 0.422. The van der Waals surface area contributed by atoms with Crippen LogP contribution >= 0.6 is 39.1 Å². The molecule has 2 atom stereocenters. The van der Waals surface area contributed by atoms with Crippen molar-refractivity contribution in [3.05, 3.63) is 68.1 Å². The Bertz CT molecular complexity index is 644. The summed E-state index contributed by atoms with van der Waals surface area (Å²) in [7, 11) is 0. The Morgan fingerprint density at radius 1 is 1.05 bits per heavy atom. The number of nitrogens with one attached hydrogen (secondary N) is 1. The van der Waals surface area contributed by atoms with E-state index in [1.165, 1.54) is 11.1 Å². The summed E-state index contributed by atoms with van der Waals surface area (Å²) in [5.41, 5.74) is 2.54. The molecule has 3 rings (SSSR count). The third kappa shape index (κ3) is 3.45. The molecule has 4 heteroatoms. The second kappa shape index (κ2) is 6.70. The first-order valence-electron chi connectivity index (χ1n) is 7.06. The van der Waals surface area contributed by atoms with Crippen molar-refractivity contribution in [1.29, 1.82) is 0 Å². The SMILES string of the molecule is Clc1ccc(C2CCNCC2c2cccc(Br)c2)c(Cl)c1. The maximum atomic E-state index is 6.43. The summed E-state index contributed by atoms with van der Waals surface area (Å²) >= 11 is 16.0. The second-order valence-corrected chi connectivity index (χ2v) is 7.19. The van der Waals surface area contributed by atoms with E-state index in [-0.39, 0.29) is 0 Å². The van der Waals surface area contributed by atoms with Crippen molar-refractivity contribution in [3.8, 4) is 0 Å². The molecular formula is C17H16BrCl2N. The van der Waals surface area contributed by atoms with Crippen molar-refractivity contribution in [2.24, 2.45) is 0 Å². The molecule has 1 saturated heterocycles. The van der Waals surface area contributed by atoms with Crippen molar-refractivity contribution >= 4 is 39.1 Å². The molecule has 1 N–H and O–H groups in total. The zero-order valence-corrected chi connectivity index (χ0v) is 14.5. The van der Waals surface area contributed by atoms with Gasteiger partial charge in [0.05, 0.1) is 0 Å². The van der Waals surface area contributed by atoms with Gasteiger partial charge in [-0.15, -0.1) is 0 Å². The van der Waals surface area contributed by atoms with Gasteiger partial charge in [-0.1, -0.05) is 57.3 Å². The van der Waals surface area contributed by atoms with Gasteiger partial charge in [-0.3, -0.25) is 0 Å². The van der Waals surface area contributed by atoms with Crippen LogP contribution in [-0.2, 0) is 0 Å². The highest BCUT2D eigenvalue weighted by molar-refractivity contribution is 9.10. The lowest BCUT2D eigenvalue weighted by atomic mass is 9.77. The largest absolute Gasteiger partial charge is 0.316 e. The minimum absolute atomic E-state index is 0.422. The monoisotopic (exact) mass is 383 g/mol. The Kier molecular flexibility index (Phi) is 4.90. The number of benzene rings is 2. The Morgan fingerprint density at radius 3 is 2.67 bits per heavy atom. The van der Waals surface area contributed by atoms with Crippen LogP contribution in [0.3, 0.4) is 0 Å². The number of hydrogen-bond acceptors (Lipinski definition) is 1. The van der Waals surface area contributed by atoms with Gasteiger partial charge in [0.25, 0.3) is 0 Å². The summed E-state index contributed by atoms with van der Waals surface area (Å²) in [4.78, 5) is 0. The van der Waals surface area contributed by atoms with Crippen molar-refractivity contribution in [1.82, 2.24) is 5.32 Å². The molecule has 0 radical (unpaired) electrons. The van der Waals surface area contributed by atoms with Crippen LogP contribution in [0.5, 0.6) is 0 Å². The lowest BCUT2D eigenvalue weighted by Crippen LogP contribution is -2.34. The number of rotatable bonds is 2. The minimum Gasteiger partial charge on any atom is -0.316 e. The molecule has 21 heavy (non-hydrogen) atoms. The van der Waals surface area contributed by atoms with Crippen molar-refractivity contribution < 1.29 is 0 Å². The zero-order chi connectivity index (χ0) is 14.8. The van der Waals surface area contributed by atoms with Gasteiger partial charge in [0.2, 0.25) is 0 Å². The van der Waals surface area contributed by atoms with Crippen LogP contribution in [0, 0.1) is 0 Å². The third-order valence-corrected chi connectivity index (χ3v) is 5.18. The van der Waals surface area contributed by atoms with E-state index in [0.717, 1.165) is 29.0 Å². The average Bonchev–Trinajstić information content (AvgIpc) is 2.47. The van der Waals surface area contributed by atoms with Crippen LogP contribution in [0.15, 0.2) is 46.9 Å². The van der Waals surface area contributed by atoms with Crippen LogP contribution in [0.1, 0.15) is 29.4 Å². The highest BCUT2D eigenvalue weighted by atomic mass is 79.9. The third-order valence-electron chi connectivity index (χ3n) is 4.12. The second-order valence-electron chi connectivity index (χ2n) is 5.43. The van der Waals surface area contributed by atoms with Gasteiger partial charge in [-0.25, -0.2) is 0 Å². The molecule has 1 aliphatic heterocycles. The summed E-state index contributed by atoms with van der Waals surface area (Å²) in [5.74, 6) is 0.847. The first-order chi connectivity index (χ1) is 10.1. The smallest absolute Gasteiger partial charge is 0.0455 e. The molecule has 1 heterocycles. The zero-order valence-electron chi connectivity index (χ0n) is 11.5. The van der Waals surface area contributed by atoms with E-state index in [9.17, 15) is 0 Å². The van der Waals surface area contributed by atoms with E-state index in [1.807, 2.05) is 12.1 Å². The maximum Gasteiger partial charge on any atom is 0.0455 e. The molecule has 0 bridgehead atoms. The lowest BCUT2D eigenvalue weighted by molar-refractivity contribution is 0.404. The summed E-state index contributed by atoms with van der Waals surface area (Å²) in [6, 6.07) is 14.4. The Labute approximate surface area is 143 Å². The summed E-state index contributed by atoms with van der Waals surface area (Å²) in [5, 5.41) is 4.96. The molecule has 2 aromatic carbocycles. The molecule has 0 spiro atoms. The summed E-state index contributed by atoms with van der Waals surface area (Å²) < 4.78 is 1.12. The molecule has 1 aliphatic rings. The molecule has 0 aromatic heterocycles. The molecule has 0 aliphatic carbocycles. The Morgan fingerprint density at radius 2 is 1.90 bits per heavy atom. The van der Waals surface area contributed by atoms with Crippen molar-refractivity contribution in [2.45, 2.75) is 18.3 Å². The fraction of sp³-hybridized carbons (Fsp3) is 0.294. The van der Waals surface area contributed by atoms with Crippen LogP contribution < -0.4 is 5.32 Å². The van der Waals surface area contributed by atoms with E-state index in [2.05, 4.69) is 51.6 Å². The molecule has 110 valence electrons. The standard InChI is InChI=1S/C17H16BrCl2N/c18-12-3-1-2-11(8-12)16-10-21-7-6-14(16)15-5-4-13(19)9-17(15)20/h1-5,8-9,14,16,21H,6-7,10H2. The Balaban J connectivity index is 1.98. The van der Waals surface area contributed by atoms with Crippen LogP contribution in [0.25, 0.3) is 0 Å². The predicted octanol–water partition coefficient (Wildman–Crippen LogP) is 5.62. The fourth-order valence-corrected chi connectivity index (χ4v) is 4.09. The summed E-state index contributed by atoms with van der Waals surface area (Å²) in [6.07, 6.45) is 1.08. The van der Waals surface area contributed by atoms with Gasteiger partial charge < -0.3 is 5.32 Å². The lowest BCUT2D eigenvalue weighted by Gasteiger charge is -2.33. The van der Waals surface area contributed by atoms with E-state index in [4.69, 9.17) is 23.2 Å². The van der Waals surface area contributed by atoms with Crippen LogP contribution in [-0.4, -0.2) is 13.1 Å². The van der Waals surface area contributed by atoms with Gasteiger partial charge in [0.1, 0.15) is 0 Å². The van der Waals surface area contributed by atoms with E-state index in [0.29, 0.717) is 16.9 Å². The first kappa shape index (κ1) is 15.4. The molecule has 2 aromatic rings. The molecule has 2 unspecified atom stereocenters. The van der Waals surface area contributed by atoms with Gasteiger partial charge >= 0.3 is 0 Å². The van der Waals surface area contributed by atoms with Crippen LogP contribution in [0.4, 0.5) is 0 Å². The fourth-order valence-electron chi connectivity index (χ4n) is 3.12. The highest BCUT2D eigenvalue weighted by Gasteiger charge is 2.29. The van der Waals surface area contributed by atoms with Crippen LogP contribution in [0.2, 0.25) is 10.0 Å². The molecule has 0 saturated carbocycles. The van der Waals surface area contributed by atoms with Gasteiger partial charge in [-0.05, 0) is 54.3 Å². The van der Waals surface area contributed by atoms with E-state index < -0.39 is 0 Å². The average molecular weight is 385 g/mol. The first-order valence-corrected chi connectivity index (χ1v) is 8.61. The topological polar surface area (TPSA) is 12.0 Å². The number of hydrogen-bond donors (Lipinski definition) is 1. The number of halogens is 3. The molecular weight excluding hydrogens is 369 g/mol. The number of piperidine rings is 1.